The molecule has 1 aromatic heterocycles. The molecule has 0 amide bonds. The zero-order valence-corrected chi connectivity index (χ0v) is 12.5. The van der Waals surface area contributed by atoms with E-state index in [1.165, 1.54) is 11.1 Å². The quantitative estimate of drug-likeness (QED) is 0.882. The summed E-state index contributed by atoms with van der Waals surface area (Å²) < 4.78 is 0. The van der Waals surface area contributed by atoms with Crippen LogP contribution in [0.1, 0.15) is 37.6 Å². The number of benzene rings is 1. The molecule has 0 saturated heterocycles. The van der Waals surface area contributed by atoms with Gasteiger partial charge in [0.1, 0.15) is 5.69 Å². The third kappa shape index (κ3) is 3.04. The highest BCUT2D eigenvalue weighted by atomic mass is 16.1. The van der Waals surface area contributed by atoms with Crippen molar-refractivity contribution in [3.05, 3.63) is 45.4 Å². The molecule has 2 aromatic rings. The Bertz CT molecular complexity index is 683. The van der Waals surface area contributed by atoms with Crippen molar-refractivity contribution in [2.24, 2.45) is 0 Å². The SMILES string of the molecule is Cc1ccc(Nc2nnc(C(C)(C)C)c(=O)[nH]2)cc1C. The van der Waals surface area contributed by atoms with E-state index in [1.54, 1.807) is 0 Å². The second kappa shape index (κ2) is 5.07. The Labute approximate surface area is 118 Å². The van der Waals surface area contributed by atoms with E-state index in [0.29, 0.717) is 11.6 Å². The lowest BCUT2D eigenvalue weighted by Gasteiger charge is -2.15. The molecule has 0 fully saturated rings. The molecule has 1 aromatic carbocycles. The molecule has 0 unspecified atom stereocenters. The summed E-state index contributed by atoms with van der Waals surface area (Å²) in [4.78, 5) is 14.7. The van der Waals surface area contributed by atoms with Crippen molar-refractivity contribution in [1.82, 2.24) is 15.2 Å². The summed E-state index contributed by atoms with van der Waals surface area (Å²) in [6.07, 6.45) is 0. The molecule has 2 N–H and O–H groups in total. The van der Waals surface area contributed by atoms with Crippen molar-refractivity contribution in [2.45, 2.75) is 40.0 Å². The second-order valence-corrected chi connectivity index (χ2v) is 6.03. The number of nitrogens with one attached hydrogen (secondary N) is 2. The van der Waals surface area contributed by atoms with Crippen LogP contribution in [0.5, 0.6) is 0 Å². The summed E-state index contributed by atoms with van der Waals surface area (Å²) in [5, 5.41) is 11.1. The standard InChI is InChI=1S/C15H20N4O/c1-9-6-7-11(8-10(9)2)16-14-17-13(20)12(18-19-14)15(3,4)5/h6-8H,1-5H3,(H2,16,17,19,20). The summed E-state index contributed by atoms with van der Waals surface area (Å²) in [5.74, 6) is 0.353. The van der Waals surface area contributed by atoms with Gasteiger partial charge in [0.15, 0.2) is 0 Å². The maximum Gasteiger partial charge on any atom is 0.274 e. The smallest absolute Gasteiger partial charge is 0.274 e. The van der Waals surface area contributed by atoms with Crippen LogP contribution in [-0.2, 0) is 5.41 Å². The van der Waals surface area contributed by atoms with Crippen LogP contribution in [0.4, 0.5) is 11.6 Å². The fourth-order valence-electron chi connectivity index (χ4n) is 1.84. The third-order valence-electron chi connectivity index (χ3n) is 3.18. The van der Waals surface area contributed by atoms with Gasteiger partial charge in [-0.25, -0.2) is 0 Å². The van der Waals surface area contributed by atoms with Crippen LogP contribution >= 0.6 is 0 Å². The molecule has 0 bridgehead atoms. The Balaban J connectivity index is 2.29. The van der Waals surface area contributed by atoms with Gasteiger partial charge in [-0.3, -0.25) is 9.78 Å². The molecule has 5 heteroatoms. The fraction of sp³-hybridized carbons (Fsp3) is 0.400. The molecule has 20 heavy (non-hydrogen) atoms. The Morgan fingerprint density at radius 2 is 1.80 bits per heavy atom. The van der Waals surface area contributed by atoms with E-state index in [0.717, 1.165) is 5.69 Å². The maximum atomic E-state index is 12.0. The van der Waals surface area contributed by atoms with Crippen LogP contribution in [0.15, 0.2) is 23.0 Å². The van der Waals surface area contributed by atoms with Crippen molar-refractivity contribution in [3.8, 4) is 0 Å². The molecule has 0 saturated carbocycles. The van der Waals surface area contributed by atoms with E-state index in [4.69, 9.17) is 0 Å². The predicted molar refractivity (Wildman–Crippen MR) is 80.6 cm³/mol. The van der Waals surface area contributed by atoms with E-state index in [9.17, 15) is 4.79 Å². The van der Waals surface area contributed by atoms with Gasteiger partial charge in [0.05, 0.1) is 0 Å². The van der Waals surface area contributed by atoms with E-state index < -0.39 is 0 Å². The van der Waals surface area contributed by atoms with Gasteiger partial charge in [-0.2, -0.15) is 0 Å². The first-order valence-corrected chi connectivity index (χ1v) is 6.59. The summed E-state index contributed by atoms with van der Waals surface area (Å²) in [7, 11) is 0. The Hall–Kier alpha value is -2.17. The van der Waals surface area contributed by atoms with Crippen molar-refractivity contribution >= 4 is 11.6 Å². The number of hydrogen-bond acceptors (Lipinski definition) is 4. The summed E-state index contributed by atoms with van der Waals surface area (Å²) in [6, 6.07) is 5.97. The maximum absolute atomic E-state index is 12.0. The molecule has 1 heterocycles. The first kappa shape index (κ1) is 14.2. The molecule has 106 valence electrons. The molecule has 2 rings (SSSR count). The number of H-pyrrole nitrogens is 1. The minimum absolute atomic E-state index is 0.209. The van der Waals surface area contributed by atoms with Crippen LogP contribution < -0.4 is 10.9 Å². The van der Waals surface area contributed by atoms with Gasteiger partial charge in [-0.1, -0.05) is 26.8 Å². The molecule has 0 atom stereocenters. The lowest BCUT2D eigenvalue weighted by molar-refractivity contribution is 0.547. The number of anilines is 2. The summed E-state index contributed by atoms with van der Waals surface area (Å²) in [6.45, 7) is 9.89. The number of nitrogens with zero attached hydrogens (tertiary/aromatic N) is 2. The predicted octanol–water partition coefficient (Wildman–Crippen LogP) is 2.82. The molecule has 0 radical (unpaired) electrons. The van der Waals surface area contributed by atoms with Crippen molar-refractivity contribution in [1.29, 1.82) is 0 Å². The van der Waals surface area contributed by atoms with Gasteiger partial charge >= 0.3 is 0 Å². The number of aryl methyl sites for hydroxylation is 2. The minimum atomic E-state index is -0.320. The summed E-state index contributed by atoms with van der Waals surface area (Å²) in [5.41, 5.74) is 3.18. The van der Waals surface area contributed by atoms with Gasteiger partial charge in [0.2, 0.25) is 5.95 Å². The van der Waals surface area contributed by atoms with Gasteiger partial charge in [-0.15, -0.1) is 10.2 Å². The van der Waals surface area contributed by atoms with Crippen LogP contribution in [0.25, 0.3) is 0 Å². The average molecular weight is 272 g/mol. The average Bonchev–Trinajstić information content (AvgIpc) is 2.32. The van der Waals surface area contributed by atoms with Crippen molar-refractivity contribution in [2.75, 3.05) is 5.32 Å². The molecule has 0 aliphatic heterocycles. The van der Waals surface area contributed by atoms with E-state index in [1.807, 2.05) is 45.9 Å². The van der Waals surface area contributed by atoms with Crippen molar-refractivity contribution < 1.29 is 0 Å². The highest BCUT2D eigenvalue weighted by Gasteiger charge is 2.20. The Morgan fingerprint density at radius 3 is 2.35 bits per heavy atom. The fourth-order valence-corrected chi connectivity index (χ4v) is 1.84. The molecule has 0 aliphatic rings. The lowest BCUT2D eigenvalue weighted by atomic mass is 9.93. The largest absolute Gasteiger partial charge is 0.324 e. The topological polar surface area (TPSA) is 70.7 Å². The minimum Gasteiger partial charge on any atom is -0.324 e. The number of aromatic nitrogens is 3. The molecule has 5 nitrogen and oxygen atoms in total. The van der Waals surface area contributed by atoms with Gasteiger partial charge in [-0.05, 0) is 37.1 Å². The van der Waals surface area contributed by atoms with Crippen LogP contribution in [0.2, 0.25) is 0 Å². The molecular weight excluding hydrogens is 252 g/mol. The monoisotopic (exact) mass is 272 g/mol. The first-order chi connectivity index (χ1) is 9.27. The van der Waals surface area contributed by atoms with Gasteiger partial charge < -0.3 is 5.32 Å². The van der Waals surface area contributed by atoms with Crippen LogP contribution in [0.3, 0.4) is 0 Å². The van der Waals surface area contributed by atoms with Gasteiger partial charge in [0, 0.05) is 11.1 Å². The summed E-state index contributed by atoms with van der Waals surface area (Å²) >= 11 is 0. The van der Waals surface area contributed by atoms with E-state index in [-0.39, 0.29) is 11.0 Å². The normalized spacial score (nSPS) is 11.4. The zero-order valence-electron chi connectivity index (χ0n) is 12.5. The Kier molecular flexibility index (Phi) is 3.61. The Morgan fingerprint density at radius 1 is 1.10 bits per heavy atom. The molecule has 0 spiro atoms. The third-order valence-corrected chi connectivity index (χ3v) is 3.18. The molecule has 0 aliphatic carbocycles. The highest BCUT2D eigenvalue weighted by molar-refractivity contribution is 5.55. The van der Waals surface area contributed by atoms with Crippen LogP contribution in [0, 0.1) is 13.8 Å². The number of rotatable bonds is 2. The van der Waals surface area contributed by atoms with Crippen molar-refractivity contribution in [3.63, 3.8) is 0 Å². The first-order valence-electron chi connectivity index (χ1n) is 6.59. The van der Waals surface area contributed by atoms with Gasteiger partial charge in [0.25, 0.3) is 5.56 Å². The second-order valence-electron chi connectivity index (χ2n) is 6.03. The van der Waals surface area contributed by atoms with E-state index in [2.05, 4.69) is 27.4 Å². The van der Waals surface area contributed by atoms with Crippen LogP contribution in [-0.4, -0.2) is 15.2 Å². The number of aromatic amines is 1. The molecular formula is C15H20N4O. The zero-order chi connectivity index (χ0) is 14.9. The lowest BCUT2D eigenvalue weighted by Crippen LogP contribution is -2.28. The van der Waals surface area contributed by atoms with E-state index >= 15 is 0 Å². The number of hydrogen-bond donors (Lipinski definition) is 2. The highest BCUT2D eigenvalue weighted by Crippen LogP contribution is 2.18.